The first-order valence-electron chi connectivity index (χ1n) is 8.60. The molecule has 3 unspecified atom stereocenters. The topological polar surface area (TPSA) is 18.5 Å². The molecule has 3 heteroatoms. The molecule has 0 spiro atoms. The van der Waals surface area contributed by atoms with Gasteiger partial charge in [0.25, 0.3) is 0 Å². The van der Waals surface area contributed by atoms with E-state index in [-0.39, 0.29) is 0 Å². The Morgan fingerprint density at radius 1 is 1.20 bits per heavy atom. The number of nitrogens with one attached hydrogen (secondary N) is 1. The van der Waals surface area contributed by atoms with Gasteiger partial charge >= 0.3 is 0 Å². The average molecular weight is 284 g/mol. The van der Waals surface area contributed by atoms with E-state index in [1.54, 1.807) is 0 Å². The van der Waals surface area contributed by atoms with Crippen LogP contribution in [0.2, 0.25) is 0 Å². The smallest absolute Gasteiger partial charge is 0.0223 e. The highest BCUT2D eigenvalue weighted by Gasteiger charge is 2.26. The lowest BCUT2D eigenvalue weighted by atomic mass is 10.0. The van der Waals surface area contributed by atoms with Gasteiger partial charge in [-0.25, -0.2) is 0 Å². The summed E-state index contributed by atoms with van der Waals surface area (Å²) >= 11 is 0. The maximum absolute atomic E-state index is 3.60. The van der Waals surface area contributed by atoms with Gasteiger partial charge in [0, 0.05) is 18.6 Å². The molecule has 1 saturated heterocycles. The molecule has 0 aromatic carbocycles. The van der Waals surface area contributed by atoms with Crippen LogP contribution in [0.3, 0.4) is 0 Å². The summed E-state index contributed by atoms with van der Waals surface area (Å²) < 4.78 is 0. The third-order valence-electron chi connectivity index (χ3n) is 4.94. The number of nitrogens with zero attached hydrogens (tertiary/aromatic N) is 2. The average Bonchev–Trinajstić information content (AvgIpc) is 2.84. The Hall–Kier alpha value is -0.120. The fraction of sp³-hybridized carbons (Fsp3) is 1.00. The minimum Gasteiger partial charge on any atom is -0.316 e. The molecule has 0 aliphatic carbocycles. The molecule has 0 aromatic rings. The van der Waals surface area contributed by atoms with Crippen LogP contribution in [0, 0.1) is 11.8 Å². The van der Waals surface area contributed by atoms with Crippen LogP contribution in [0.4, 0.5) is 0 Å². The molecule has 1 aliphatic rings. The van der Waals surface area contributed by atoms with Crippen molar-refractivity contribution in [2.24, 2.45) is 11.8 Å². The lowest BCUT2D eigenvalue weighted by Gasteiger charge is -2.34. The summed E-state index contributed by atoms with van der Waals surface area (Å²) in [4.78, 5) is 5.21. The van der Waals surface area contributed by atoms with Crippen molar-refractivity contribution < 1.29 is 0 Å². The summed E-state index contributed by atoms with van der Waals surface area (Å²) in [6.45, 7) is 17.6. The molecule has 0 saturated carbocycles. The maximum Gasteiger partial charge on any atom is 0.0223 e. The molecule has 0 bridgehead atoms. The van der Waals surface area contributed by atoms with Gasteiger partial charge in [-0.1, -0.05) is 27.7 Å². The van der Waals surface area contributed by atoms with Gasteiger partial charge in [-0.15, -0.1) is 0 Å². The van der Waals surface area contributed by atoms with E-state index in [9.17, 15) is 0 Å². The molecule has 3 nitrogen and oxygen atoms in total. The highest BCUT2D eigenvalue weighted by atomic mass is 15.2. The Bertz CT molecular complexity index is 255. The Morgan fingerprint density at radius 2 is 1.90 bits per heavy atom. The minimum absolute atomic E-state index is 0.647. The van der Waals surface area contributed by atoms with Gasteiger partial charge < -0.3 is 10.2 Å². The predicted molar refractivity (Wildman–Crippen MR) is 89.2 cm³/mol. The summed E-state index contributed by atoms with van der Waals surface area (Å²) in [5, 5.41) is 3.60. The van der Waals surface area contributed by atoms with Gasteiger partial charge in [-0.05, 0) is 64.8 Å². The van der Waals surface area contributed by atoms with Crippen LogP contribution in [0.15, 0.2) is 0 Å². The molecule has 0 aromatic heterocycles. The van der Waals surface area contributed by atoms with Crippen molar-refractivity contribution in [1.82, 2.24) is 15.1 Å². The Morgan fingerprint density at radius 3 is 2.50 bits per heavy atom. The standard InChI is InChI=1S/C17H37N3/c1-7-20-10-8-9-17(20)13-19(6)16(5)15(4)12-18-11-14(2)3/h14-18H,7-13H2,1-6H3. The molecule has 1 aliphatic heterocycles. The van der Waals surface area contributed by atoms with E-state index < -0.39 is 0 Å². The second-order valence-corrected chi connectivity index (χ2v) is 7.13. The molecule has 0 radical (unpaired) electrons. The van der Waals surface area contributed by atoms with Gasteiger partial charge in [0.1, 0.15) is 0 Å². The lowest BCUT2D eigenvalue weighted by Crippen LogP contribution is -2.45. The van der Waals surface area contributed by atoms with Crippen molar-refractivity contribution in [2.45, 2.75) is 59.5 Å². The van der Waals surface area contributed by atoms with E-state index in [4.69, 9.17) is 0 Å². The molecule has 1 fully saturated rings. The van der Waals surface area contributed by atoms with Gasteiger partial charge in [0.15, 0.2) is 0 Å². The maximum atomic E-state index is 3.60. The quantitative estimate of drug-likeness (QED) is 0.702. The molecular formula is C17H37N3. The van der Waals surface area contributed by atoms with Gasteiger partial charge in [0.2, 0.25) is 0 Å². The van der Waals surface area contributed by atoms with Crippen molar-refractivity contribution in [3.05, 3.63) is 0 Å². The minimum atomic E-state index is 0.647. The normalized spacial score (nSPS) is 23.7. The highest BCUT2D eigenvalue weighted by Crippen LogP contribution is 2.19. The third kappa shape index (κ3) is 5.71. The van der Waals surface area contributed by atoms with Crippen molar-refractivity contribution >= 4 is 0 Å². The molecule has 0 amide bonds. The largest absolute Gasteiger partial charge is 0.316 e. The monoisotopic (exact) mass is 283 g/mol. The molecule has 1 rings (SSSR count). The summed E-state index contributed by atoms with van der Waals surface area (Å²) in [6.07, 6.45) is 2.76. The SMILES string of the molecule is CCN1CCCC1CN(C)C(C)C(C)CNCC(C)C. The number of hydrogen-bond acceptors (Lipinski definition) is 3. The van der Waals surface area contributed by atoms with Crippen LogP contribution in [-0.4, -0.2) is 61.7 Å². The molecule has 120 valence electrons. The van der Waals surface area contributed by atoms with E-state index in [1.807, 2.05) is 0 Å². The van der Waals surface area contributed by atoms with Crippen LogP contribution < -0.4 is 5.32 Å². The van der Waals surface area contributed by atoms with Crippen LogP contribution in [-0.2, 0) is 0 Å². The highest BCUT2D eigenvalue weighted by molar-refractivity contribution is 4.83. The zero-order valence-electron chi connectivity index (χ0n) is 14.7. The van der Waals surface area contributed by atoms with Crippen LogP contribution >= 0.6 is 0 Å². The van der Waals surface area contributed by atoms with Crippen LogP contribution in [0.5, 0.6) is 0 Å². The van der Waals surface area contributed by atoms with Gasteiger partial charge in [0.05, 0.1) is 0 Å². The van der Waals surface area contributed by atoms with Crippen LogP contribution in [0.1, 0.15) is 47.5 Å². The second kappa shape index (κ2) is 9.01. The predicted octanol–water partition coefficient (Wildman–Crippen LogP) is 2.67. The van der Waals surface area contributed by atoms with Crippen molar-refractivity contribution in [3.8, 4) is 0 Å². The Balaban J connectivity index is 2.31. The van der Waals surface area contributed by atoms with Crippen molar-refractivity contribution in [2.75, 3.05) is 39.8 Å². The van der Waals surface area contributed by atoms with E-state index in [0.717, 1.165) is 25.0 Å². The molecule has 1 heterocycles. The summed E-state index contributed by atoms with van der Waals surface area (Å²) in [5.74, 6) is 1.45. The lowest BCUT2D eigenvalue weighted by molar-refractivity contribution is 0.141. The number of likely N-dealkylation sites (N-methyl/N-ethyl adjacent to an activating group) is 2. The van der Waals surface area contributed by atoms with Crippen LogP contribution in [0.25, 0.3) is 0 Å². The first-order chi connectivity index (χ1) is 9.45. The zero-order chi connectivity index (χ0) is 15.1. The number of rotatable bonds is 9. The first-order valence-corrected chi connectivity index (χ1v) is 8.60. The number of hydrogen-bond donors (Lipinski definition) is 1. The zero-order valence-corrected chi connectivity index (χ0v) is 14.7. The van der Waals surface area contributed by atoms with E-state index in [0.29, 0.717) is 12.0 Å². The van der Waals surface area contributed by atoms with E-state index in [2.05, 4.69) is 56.8 Å². The summed E-state index contributed by atoms with van der Waals surface area (Å²) in [7, 11) is 2.30. The fourth-order valence-electron chi connectivity index (χ4n) is 3.22. The third-order valence-corrected chi connectivity index (χ3v) is 4.94. The molecule has 3 atom stereocenters. The Kier molecular flexibility index (Phi) is 8.08. The summed E-state index contributed by atoms with van der Waals surface area (Å²) in [6, 6.07) is 1.43. The van der Waals surface area contributed by atoms with E-state index in [1.165, 1.54) is 32.5 Å². The van der Waals surface area contributed by atoms with Crippen molar-refractivity contribution in [1.29, 1.82) is 0 Å². The molecule has 20 heavy (non-hydrogen) atoms. The fourth-order valence-corrected chi connectivity index (χ4v) is 3.22. The first kappa shape index (κ1) is 17.9. The van der Waals surface area contributed by atoms with Gasteiger partial charge in [-0.3, -0.25) is 4.90 Å². The van der Waals surface area contributed by atoms with E-state index >= 15 is 0 Å². The summed E-state index contributed by atoms with van der Waals surface area (Å²) in [5.41, 5.74) is 0. The Labute approximate surface area is 127 Å². The van der Waals surface area contributed by atoms with Crippen molar-refractivity contribution in [3.63, 3.8) is 0 Å². The second-order valence-electron chi connectivity index (χ2n) is 7.13. The number of likely N-dealkylation sites (tertiary alicyclic amines) is 1. The molecular weight excluding hydrogens is 246 g/mol. The molecule has 1 N–H and O–H groups in total. The van der Waals surface area contributed by atoms with Gasteiger partial charge in [-0.2, -0.15) is 0 Å².